The van der Waals surface area contributed by atoms with Gasteiger partial charge in [0.1, 0.15) is 24.7 Å². The van der Waals surface area contributed by atoms with Crippen molar-refractivity contribution in [2.24, 2.45) is 0 Å². The molecule has 0 bridgehead atoms. The van der Waals surface area contributed by atoms with Crippen LogP contribution >= 0.6 is 11.6 Å². The Labute approximate surface area is 165 Å². The van der Waals surface area contributed by atoms with E-state index in [2.05, 4.69) is 15.9 Å². The van der Waals surface area contributed by atoms with Gasteiger partial charge in [0.25, 0.3) is 0 Å². The summed E-state index contributed by atoms with van der Waals surface area (Å²) < 4.78 is 11.5. The zero-order valence-corrected chi connectivity index (χ0v) is 16.1. The summed E-state index contributed by atoms with van der Waals surface area (Å²) in [6.07, 6.45) is 0. The molecule has 0 N–H and O–H groups in total. The Balaban J connectivity index is 1.29. The second-order valence-corrected chi connectivity index (χ2v) is 6.85. The number of piperazine rings is 1. The third-order valence-electron chi connectivity index (χ3n) is 4.63. The number of rotatable bonds is 8. The molecule has 2 aromatic rings. The SMILES string of the molecule is N#Cc1ccc(OCCN2CCN(CCOc3ccccc3Cl)CC2)cc1. The fraction of sp³-hybridized carbons (Fsp3) is 0.381. The predicted octanol–water partition coefficient (Wildman–Crippen LogP) is 3.29. The van der Waals surface area contributed by atoms with E-state index in [-0.39, 0.29) is 0 Å². The molecular formula is C21H24ClN3O2. The van der Waals surface area contributed by atoms with Gasteiger partial charge in [-0.15, -0.1) is 0 Å². The molecule has 1 fully saturated rings. The molecule has 0 spiro atoms. The lowest BCUT2D eigenvalue weighted by Gasteiger charge is -2.34. The zero-order valence-electron chi connectivity index (χ0n) is 15.3. The van der Waals surface area contributed by atoms with Gasteiger partial charge in [-0.05, 0) is 36.4 Å². The van der Waals surface area contributed by atoms with Crippen molar-refractivity contribution in [3.05, 3.63) is 59.1 Å². The van der Waals surface area contributed by atoms with Crippen LogP contribution in [-0.4, -0.2) is 62.3 Å². The smallest absolute Gasteiger partial charge is 0.137 e. The average Bonchev–Trinajstić information content (AvgIpc) is 2.71. The van der Waals surface area contributed by atoms with Gasteiger partial charge in [0, 0.05) is 39.3 Å². The first-order valence-electron chi connectivity index (χ1n) is 9.19. The lowest BCUT2D eigenvalue weighted by Crippen LogP contribution is -2.48. The van der Waals surface area contributed by atoms with Crippen molar-refractivity contribution < 1.29 is 9.47 Å². The van der Waals surface area contributed by atoms with Gasteiger partial charge in [0.2, 0.25) is 0 Å². The molecule has 1 heterocycles. The molecule has 1 saturated heterocycles. The van der Waals surface area contributed by atoms with Crippen LogP contribution in [0.1, 0.15) is 5.56 Å². The van der Waals surface area contributed by atoms with E-state index in [0.29, 0.717) is 23.8 Å². The van der Waals surface area contributed by atoms with Gasteiger partial charge in [0.15, 0.2) is 0 Å². The highest BCUT2D eigenvalue weighted by Crippen LogP contribution is 2.22. The first kappa shape index (κ1) is 19.5. The number of ether oxygens (including phenoxy) is 2. The van der Waals surface area contributed by atoms with Gasteiger partial charge in [-0.2, -0.15) is 5.26 Å². The number of hydrogen-bond donors (Lipinski definition) is 0. The molecule has 0 radical (unpaired) electrons. The van der Waals surface area contributed by atoms with E-state index in [1.807, 2.05) is 36.4 Å². The highest BCUT2D eigenvalue weighted by molar-refractivity contribution is 6.32. The molecule has 0 amide bonds. The summed E-state index contributed by atoms with van der Waals surface area (Å²) in [4.78, 5) is 4.82. The molecule has 0 aliphatic carbocycles. The highest BCUT2D eigenvalue weighted by Gasteiger charge is 2.16. The molecule has 27 heavy (non-hydrogen) atoms. The summed E-state index contributed by atoms with van der Waals surface area (Å²) >= 11 is 6.10. The van der Waals surface area contributed by atoms with Gasteiger partial charge in [0.05, 0.1) is 16.7 Å². The summed E-state index contributed by atoms with van der Waals surface area (Å²) in [6.45, 7) is 7.23. The van der Waals surface area contributed by atoms with Crippen LogP contribution in [0.4, 0.5) is 0 Å². The second kappa shape index (κ2) is 10.2. The summed E-state index contributed by atoms with van der Waals surface area (Å²) in [7, 11) is 0. The summed E-state index contributed by atoms with van der Waals surface area (Å²) in [5, 5.41) is 9.46. The molecule has 5 nitrogen and oxygen atoms in total. The van der Waals surface area contributed by atoms with Gasteiger partial charge < -0.3 is 9.47 Å². The van der Waals surface area contributed by atoms with Crippen LogP contribution in [0.15, 0.2) is 48.5 Å². The van der Waals surface area contributed by atoms with Crippen molar-refractivity contribution in [2.75, 3.05) is 52.5 Å². The minimum absolute atomic E-state index is 0.644. The maximum Gasteiger partial charge on any atom is 0.137 e. The lowest BCUT2D eigenvalue weighted by molar-refractivity contribution is 0.105. The molecule has 0 saturated carbocycles. The van der Waals surface area contributed by atoms with E-state index < -0.39 is 0 Å². The highest BCUT2D eigenvalue weighted by atomic mass is 35.5. The van der Waals surface area contributed by atoms with E-state index in [1.165, 1.54) is 0 Å². The molecule has 3 rings (SSSR count). The largest absolute Gasteiger partial charge is 0.492 e. The van der Waals surface area contributed by atoms with E-state index >= 15 is 0 Å². The third kappa shape index (κ3) is 6.14. The van der Waals surface area contributed by atoms with Crippen molar-refractivity contribution in [1.82, 2.24) is 9.80 Å². The number of benzene rings is 2. The minimum atomic E-state index is 0.644. The zero-order chi connectivity index (χ0) is 18.9. The number of nitriles is 1. The molecule has 2 aromatic carbocycles. The number of hydrogen-bond acceptors (Lipinski definition) is 5. The van der Waals surface area contributed by atoms with E-state index in [4.69, 9.17) is 26.3 Å². The van der Waals surface area contributed by atoms with Crippen LogP contribution in [0.2, 0.25) is 5.02 Å². The van der Waals surface area contributed by atoms with Gasteiger partial charge >= 0.3 is 0 Å². The fourth-order valence-corrected chi connectivity index (χ4v) is 3.19. The molecule has 6 heteroatoms. The molecule has 1 aliphatic rings. The Morgan fingerprint density at radius 2 is 1.44 bits per heavy atom. The number of para-hydroxylation sites is 1. The Hall–Kier alpha value is -2.26. The van der Waals surface area contributed by atoms with Crippen LogP contribution in [0, 0.1) is 11.3 Å². The molecule has 0 atom stereocenters. The molecular weight excluding hydrogens is 362 g/mol. The maximum absolute atomic E-state index is 8.81. The fourth-order valence-electron chi connectivity index (χ4n) is 3.00. The van der Waals surface area contributed by atoms with E-state index in [1.54, 1.807) is 12.1 Å². The van der Waals surface area contributed by atoms with Gasteiger partial charge in [-0.3, -0.25) is 9.80 Å². The topological polar surface area (TPSA) is 48.7 Å². The second-order valence-electron chi connectivity index (χ2n) is 6.45. The Kier molecular flexibility index (Phi) is 7.35. The Morgan fingerprint density at radius 3 is 2.04 bits per heavy atom. The van der Waals surface area contributed by atoms with Crippen LogP contribution in [0.5, 0.6) is 11.5 Å². The minimum Gasteiger partial charge on any atom is -0.492 e. The monoisotopic (exact) mass is 385 g/mol. The summed E-state index contributed by atoms with van der Waals surface area (Å²) in [5.41, 5.74) is 0.650. The Bertz CT molecular complexity index is 753. The van der Waals surface area contributed by atoms with Crippen LogP contribution in [0.25, 0.3) is 0 Å². The van der Waals surface area contributed by atoms with Crippen LogP contribution in [0.3, 0.4) is 0 Å². The van der Waals surface area contributed by atoms with E-state index in [0.717, 1.165) is 50.8 Å². The van der Waals surface area contributed by atoms with Crippen molar-refractivity contribution >= 4 is 11.6 Å². The normalized spacial score (nSPS) is 15.3. The van der Waals surface area contributed by atoms with Crippen LogP contribution in [-0.2, 0) is 0 Å². The number of halogens is 1. The standard InChI is InChI=1S/C21H24ClN3O2/c22-20-3-1-2-4-21(20)27-16-14-25-11-9-24(10-12-25)13-15-26-19-7-5-18(17-23)6-8-19/h1-8H,9-16H2. The lowest BCUT2D eigenvalue weighted by atomic mass is 10.2. The van der Waals surface area contributed by atoms with Crippen molar-refractivity contribution in [2.45, 2.75) is 0 Å². The molecule has 0 aromatic heterocycles. The first-order valence-corrected chi connectivity index (χ1v) is 9.57. The summed E-state index contributed by atoms with van der Waals surface area (Å²) in [6, 6.07) is 16.9. The van der Waals surface area contributed by atoms with Crippen molar-refractivity contribution in [3.63, 3.8) is 0 Å². The quantitative estimate of drug-likeness (QED) is 0.697. The molecule has 142 valence electrons. The van der Waals surface area contributed by atoms with Crippen molar-refractivity contribution in [3.8, 4) is 17.6 Å². The Morgan fingerprint density at radius 1 is 0.852 bits per heavy atom. The van der Waals surface area contributed by atoms with Crippen LogP contribution < -0.4 is 9.47 Å². The predicted molar refractivity (Wildman–Crippen MR) is 106 cm³/mol. The first-order chi connectivity index (χ1) is 13.2. The third-order valence-corrected chi connectivity index (χ3v) is 4.94. The molecule has 1 aliphatic heterocycles. The van der Waals surface area contributed by atoms with Gasteiger partial charge in [-0.25, -0.2) is 0 Å². The van der Waals surface area contributed by atoms with E-state index in [9.17, 15) is 0 Å². The van der Waals surface area contributed by atoms with Crippen molar-refractivity contribution in [1.29, 1.82) is 5.26 Å². The molecule has 0 unspecified atom stereocenters. The maximum atomic E-state index is 8.81. The van der Waals surface area contributed by atoms with Gasteiger partial charge in [-0.1, -0.05) is 23.7 Å². The summed E-state index contributed by atoms with van der Waals surface area (Å²) in [5.74, 6) is 1.56. The number of nitrogens with zero attached hydrogens (tertiary/aromatic N) is 3. The average molecular weight is 386 g/mol.